The summed E-state index contributed by atoms with van der Waals surface area (Å²) >= 11 is 0. The van der Waals surface area contributed by atoms with Crippen molar-refractivity contribution in [3.05, 3.63) is 17.5 Å². The predicted molar refractivity (Wildman–Crippen MR) is 39.4 cm³/mol. The lowest BCUT2D eigenvalue weighted by molar-refractivity contribution is 0.701. The van der Waals surface area contributed by atoms with Crippen LogP contribution in [0.25, 0.3) is 0 Å². The first-order chi connectivity index (χ1) is 4.74. The van der Waals surface area contributed by atoms with E-state index in [1.54, 1.807) is 4.68 Å². The Morgan fingerprint density at radius 2 is 2.40 bits per heavy atom. The van der Waals surface area contributed by atoms with Gasteiger partial charge in [0.05, 0.1) is 11.9 Å². The van der Waals surface area contributed by atoms with E-state index in [4.69, 9.17) is 6.42 Å². The molecule has 1 radical (unpaired) electrons. The third-order valence-corrected chi connectivity index (χ3v) is 1.35. The molecule has 1 aromatic heterocycles. The summed E-state index contributed by atoms with van der Waals surface area (Å²) in [7, 11) is 0. The van der Waals surface area contributed by atoms with Gasteiger partial charge >= 0.3 is 0 Å². The molecule has 0 unspecified atom stereocenters. The van der Waals surface area contributed by atoms with Crippen LogP contribution in [0.4, 0.5) is 0 Å². The fraction of sp³-hybridized carbons (Fsp3) is 0.375. The van der Waals surface area contributed by atoms with Gasteiger partial charge in [-0.25, -0.2) is 0 Å². The van der Waals surface area contributed by atoms with Crippen molar-refractivity contribution in [3.8, 4) is 12.3 Å². The maximum absolute atomic E-state index is 5.09. The molecular formula is C8H9N2. The van der Waals surface area contributed by atoms with Crippen molar-refractivity contribution in [1.29, 1.82) is 0 Å². The van der Waals surface area contributed by atoms with E-state index in [-0.39, 0.29) is 0 Å². The van der Waals surface area contributed by atoms with Crippen molar-refractivity contribution in [2.45, 2.75) is 20.4 Å². The minimum absolute atomic E-state index is 0.509. The molecule has 2 heteroatoms. The highest BCUT2D eigenvalue weighted by Crippen LogP contribution is 2.00. The molecule has 0 saturated carbocycles. The largest absolute Gasteiger partial charge is 0.251 e. The molecule has 0 aromatic carbocycles. The van der Waals surface area contributed by atoms with Crippen LogP contribution in [0.3, 0.4) is 0 Å². The van der Waals surface area contributed by atoms with Gasteiger partial charge in [-0.05, 0) is 19.4 Å². The monoisotopic (exact) mass is 133 g/mol. The smallest absolute Gasteiger partial charge is 0.102 e. The maximum atomic E-state index is 5.09. The number of hydrogen-bond acceptors (Lipinski definition) is 1. The second kappa shape index (κ2) is 2.57. The lowest BCUT2D eigenvalue weighted by atomic mass is 10.3. The Balaban J connectivity index is 2.90. The van der Waals surface area contributed by atoms with Crippen LogP contribution < -0.4 is 0 Å². The summed E-state index contributed by atoms with van der Waals surface area (Å²) in [6.45, 7) is 4.42. The van der Waals surface area contributed by atoms with Gasteiger partial charge in [0.15, 0.2) is 0 Å². The van der Waals surface area contributed by atoms with E-state index in [9.17, 15) is 0 Å². The Labute approximate surface area is 60.9 Å². The number of aryl methyl sites for hydroxylation is 2. The van der Waals surface area contributed by atoms with E-state index < -0.39 is 0 Å². The number of terminal acetylenes is 1. The third kappa shape index (κ3) is 1.19. The van der Waals surface area contributed by atoms with Gasteiger partial charge in [-0.2, -0.15) is 5.10 Å². The number of rotatable bonds is 1. The van der Waals surface area contributed by atoms with Crippen LogP contribution in [0, 0.1) is 32.4 Å². The fourth-order valence-electron chi connectivity index (χ4n) is 0.717. The molecule has 0 N–H and O–H groups in total. The zero-order chi connectivity index (χ0) is 7.56. The van der Waals surface area contributed by atoms with Crippen molar-refractivity contribution < 1.29 is 0 Å². The van der Waals surface area contributed by atoms with Crippen LogP contribution in [0.1, 0.15) is 11.3 Å². The van der Waals surface area contributed by atoms with Crippen LogP contribution in [0.2, 0.25) is 0 Å². The summed E-state index contributed by atoms with van der Waals surface area (Å²) in [4.78, 5) is 0. The summed E-state index contributed by atoms with van der Waals surface area (Å²) in [6.07, 6.45) is 8.10. The van der Waals surface area contributed by atoms with Crippen LogP contribution in [-0.4, -0.2) is 9.78 Å². The summed E-state index contributed by atoms with van der Waals surface area (Å²) < 4.78 is 1.64. The molecule has 1 rings (SSSR count). The quantitative estimate of drug-likeness (QED) is 0.521. The maximum Gasteiger partial charge on any atom is 0.102 e. The summed E-state index contributed by atoms with van der Waals surface area (Å²) in [5.74, 6) is 2.49. The van der Waals surface area contributed by atoms with Crippen molar-refractivity contribution in [1.82, 2.24) is 9.78 Å². The van der Waals surface area contributed by atoms with Gasteiger partial charge in [-0.1, -0.05) is 5.92 Å². The van der Waals surface area contributed by atoms with Crippen molar-refractivity contribution in [2.24, 2.45) is 0 Å². The van der Waals surface area contributed by atoms with E-state index in [1.165, 1.54) is 0 Å². The number of hydrogen-bond donors (Lipinski definition) is 0. The molecule has 0 atom stereocenters. The molecule has 0 aliphatic heterocycles. The molecule has 0 aliphatic carbocycles. The molecule has 51 valence electrons. The Kier molecular flexibility index (Phi) is 1.77. The first-order valence-electron chi connectivity index (χ1n) is 3.11. The van der Waals surface area contributed by atoms with Crippen LogP contribution in [0.5, 0.6) is 0 Å². The molecule has 0 fully saturated rings. The van der Waals surface area contributed by atoms with Gasteiger partial charge in [0.1, 0.15) is 6.54 Å². The normalized spacial score (nSPS) is 9.30. The average Bonchev–Trinajstić information content (AvgIpc) is 2.14. The summed E-state index contributed by atoms with van der Waals surface area (Å²) in [5, 5.41) is 4.12. The highest BCUT2D eigenvalue weighted by molar-refractivity contribution is 5.11. The van der Waals surface area contributed by atoms with Crippen molar-refractivity contribution in [2.75, 3.05) is 0 Å². The Bertz CT molecular complexity index is 246. The van der Waals surface area contributed by atoms with Crippen LogP contribution in [0.15, 0.2) is 0 Å². The molecule has 10 heavy (non-hydrogen) atoms. The molecule has 0 saturated heterocycles. The summed E-state index contributed by atoms with van der Waals surface area (Å²) in [6, 6.07) is 0. The van der Waals surface area contributed by atoms with Crippen molar-refractivity contribution >= 4 is 0 Å². The SMILES string of the molecule is C#CCn1[c]c(C)c(C)n1. The summed E-state index contributed by atoms with van der Waals surface area (Å²) in [5.41, 5.74) is 2.06. The second-order valence-electron chi connectivity index (χ2n) is 2.18. The molecule has 0 spiro atoms. The highest BCUT2D eigenvalue weighted by Gasteiger charge is 1.97. The molecule has 2 nitrogen and oxygen atoms in total. The van der Waals surface area contributed by atoms with Crippen LogP contribution in [-0.2, 0) is 6.54 Å². The zero-order valence-corrected chi connectivity index (χ0v) is 6.18. The minimum atomic E-state index is 0.509. The Hall–Kier alpha value is -1.23. The predicted octanol–water partition coefficient (Wildman–Crippen LogP) is 0.933. The van der Waals surface area contributed by atoms with E-state index in [0.29, 0.717) is 6.54 Å². The van der Waals surface area contributed by atoms with E-state index >= 15 is 0 Å². The van der Waals surface area contributed by atoms with Gasteiger partial charge in [0.25, 0.3) is 0 Å². The second-order valence-corrected chi connectivity index (χ2v) is 2.18. The zero-order valence-electron chi connectivity index (χ0n) is 6.18. The van der Waals surface area contributed by atoms with Gasteiger partial charge in [0, 0.05) is 0 Å². The standard InChI is InChI=1S/C8H9N2/c1-4-5-10-6-7(2)8(3)9-10/h1H,5H2,2-3H3. The average molecular weight is 133 g/mol. The molecular weight excluding hydrogens is 124 g/mol. The topological polar surface area (TPSA) is 17.8 Å². The minimum Gasteiger partial charge on any atom is -0.251 e. The molecule has 0 bridgehead atoms. The first-order valence-corrected chi connectivity index (χ1v) is 3.11. The fourth-order valence-corrected chi connectivity index (χ4v) is 0.717. The van der Waals surface area contributed by atoms with Crippen molar-refractivity contribution in [3.63, 3.8) is 0 Å². The first kappa shape index (κ1) is 6.88. The van der Waals surface area contributed by atoms with Gasteiger partial charge in [-0.15, -0.1) is 6.42 Å². The van der Waals surface area contributed by atoms with Gasteiger partial charge in [-0.3, -0.25) is 4.68 Å². The van der Waals surface area contributed by atoms with Gasteiger partial charge in [0.2, 0.25) is 0 Å². The Morgan fingerprint density at radius 3 is 2.80 bits per heavy atom. The van der Waals surface area contributed by atoms with E-state index in [1.807, 2.05) is 13.8 Å². The van der Waals surface area contributed by atoms with Crippen LogP contribution >= 0.6 is 0 Å². The van der Waals surface area contributed by atoms with E-state index in [2.05, 4.69) is 17.2 Å². The molecule has 0 amide bonds. The molecule has 1 aromatic rings. The molecule has 0 aliphatic rings. The number of aromatic nitrogens is 2. The van der Waals surface area contributed by atoms with Gasteiger partial charge < -0.3 is 0 Å². The number of nitrogens with zero attached hydrogens (tertiary/aromatic N) is 2. The third-order valence-electron chi connectivity index (χ3n) is 1.35. The Morgan fingerprint density at radius 1 is 1.70 bits per heavy atom. The van der Waals surface area contributed by atoms with E-state index in [0.717, 1.165) is 11.3 Å². The molecule has 1 heterocycles. The lowest BCUT2D eigenvalue weighted by Crippen LogP contribution is -1.95. The lowest BCUT2D eigenvalue weighted by Gasteiger charge is -1.87. The highest BCUT2D eigenvalue weighted by atomic mass is 15.3.